The first kappa shape index (κ1) is 13.6. The summed E-state index contributed by atoms with van der Waals surface area (Å²) < 4.78 is 0. The lowest BCUT2D eigenvalue weighted by atomic mass is 9.86. The largest absolute Gasteiger partial charge is 0.399 e. The maximum atomic E-state index is 5.81. The minimum absolute atomic E-state index is 0.155. The number of rotatable bonds is 1. The molecule has 2 aromatic carbocycles. The zero-order valence-electron chi connectivity index (χ0n) is 12.6. The molecule has 0 radical (unpaired) electrons. The number of hydrogen-bond donors (Lipinski definition) is 1. The summed E-state index contributed by atoms with van der Waals surface area (Å²) >= 11 is 0. The van der Waals surface area contributed by atoms with E-state index in [0.717, 1.165) is 22.3 Å². The van der Waals surface area contributed by atoms with E-state index < -0.39 is 0 Å². The molecule has 3 heteroatoms. The quantitative estimate of drug-likeness (QED) is 0.679. The van der Waals surface area contributed by atoms with E-state index >= 15 is 0 Å². The standard InChI is InChI=1S/C18H19N3/c1-18(2,3)13-6-4-12(5-7-13)17-11-20-15-9-8-14(19)10-16(15)21-17/h4-11H,19H2,1-3H3. The molecule has 0 fully saturated rings. The molecular weight excluding hydrogens is 258 g/mol. The fourth-order valence-corrected chi connectivity index (χ4v) is 2.31. The maximum Gasteiger partial charge on any atom is 0.0914 e. The highest BCUT2D eigenvalue weighted by Gasteiger charge is 2.13. The van der Waals surface area contributed by atoms with Crippen LogP contribution in [0.1, 0.15) is 26.3 Å². The van der Waals surface area contributed by atoms with E-state index in [0.29, 0.717) is 5.69 Å². The number of hydrogen-bond acceptors (Lipinski definition) is 3. The number of fused-ring (bicyclic) bond motifs is 1. The summed E-state index contributed by atoms with van der Waals surface area (Å²) in [6.07, 6.45) is 1.81. The predicted octanol–water partition coefficient (Wildman–Crippen LogP) is 4.18. The molecule has 0 unspecified atom stereocenters. The highest BCUT2D eigenvalue weighted by Crippen LogP contribution is 2.26. The number of benzene rings is 2. The topological polar surface area (TPSA) is 51.8 Å². The van der Waals surface area contributed by atoms with Crippen molar-refractivity contribution >= 4 is 16.7 Å². The highest BCUT2D eigenvalue weighted by atomic mass is 14.8. The molecule has 0 saturated carbocycles. The van der Waals surface area contributed by atoms with Crippen molar-refractivity contribution in [2.45, 2.75) is 26.2 Å². The van der Waals surface area contributed by atoms with Gasteiger partial charge >= 0.3 is 0 Å². The molecule has 0 saturated heterocycles. The van der Waals surface area contributed by atoms with Crippen molar-refractivity contribution in [1.29, 1.82) is 0 Å². The van der Waals surface area contributed by atoms with Crippen molar-refractivity contribution in [3.05, 3.63) is 54.2 Å². The van der Waals surface area contributed by atoms with E-state index in [1.165, 1.54) is 5.56 Å². The zero-order valence-corrected chi connectivity index (χ0v) is 12.6. The first-order chi connectivity index (χ1) is 9.93. The summed E-state index contributed by atoms with van der Waals surface area (Å²) in [5, 5.41) is 0. The Kier molecular flexibility index (Phi) is 3.13. The lowest BCUT2D eigenvalue weighted by molar-refractivity contribution is 0.590. The molecule has 0 aliphatic rings. The van der Waals surface area contributed by atoms with Crippen LogP contribution >= 0.6 is 0 Å². The van der Waals surface area contributed by atoms with Gasteiger partial charge in [-0.3, -0.25) is 4.98 Å². The van der Waals surface area contributed by atoms with E-state index in [4.69, 9.17) is 5.73 Å². The van der Waals surface area contributed by atoms with Gasteiger partial charge < -0.3 is 5.73 Å². The Morgan fingerprint density at radius 3 is 2.29 bits per heavy atom. The van der Waals surface area contributed by atoms with Crippen LogP contribution in [0.15, 0.2) is 48.7 Å². The smallest absolute Gasteiger partial charge is 0.0914 e. The summed E-state index contributed by atoms with van der Waals surface area (Å²) in [5.41, 5.74) is 11.6. The van der Waals surface area contributed by atoms with E-state index in [9.17, 15) is 0 Å². The van der Waals surface area contributed by atoms with Gasteiger partial charge in [0.05, 0.1) is 22.9 Å². The van der Waals surface area contributed by atoms with Gasteiger partial charge in [-0.25, -0.2) is 4.98 Å². The fourth-order valence-electron chi connectivity index (χ4n) is 2.31. The van der Waals surface area contributed by atoms with Crippen molar-refractivity contribution in [1.82, 2.24) is 9.97 Å². The van der Waals surface area contributed by atoms with Crippen LogP contribution < -0.4 is 5.73 Å². The normalized spacial score (nSPS) is 11.8. The second-order valence-corrected chi connectivity index (χ2v) is 6.33. The van der Waals surface area contributed by atoms with Gasteiger partial charge in [0.25, 0.3) is 0 Å². The number of aromatic nitrogens is 2. The molecule has 3 rings (SSSR count). The average Bonchev–Trinajstić information content (AvgIpc) is 2.45. The van der Waals surface area contributed by atoms with Crippen molar-refractivity contribution < 1.29 is 0 Å². The number of nitrogens with two attached hydrogens (primary N) is 1. The number of nitrogen functional groups attached to an aromatic ring is 1. The van der Waals surface area contributed by atoms with E-state index in [1.807, 2.05) is 24.4 Å². The molecule has 0 aliphatic heterocycles. The summed E-state index contributed by atoms with van der Waals surface area (Å²) in [5.74, 6) is 0. The number of nitrogens with zero attached hydrogens (tertiary/aromatic N) is 2. The van der Waals surface area contributed by atoms with Crippen LogP contribution in [0, 0.1) is 0 Å². The lowest BCUT2D eigenvalue weighted by Crippen LogP contribution is -2.10. The fraction of sp³-hybridized carbons (Fsp3) is 0.222. The third-order valence-corrected chi connectivity index (χ3v) is 3.61. The number of anilines is 1. The second kappa shape index (κ2) is 4.85. The van der Waals surface area contributed by atoms with Gasteiger partial charge in [-0.05, 0) is 29.2 Å². The molecule has 106 valence electrons. The van der Waals surface area contributed by atoms with Crippen LogP contribution in [0.2, 0.25) is 0 Å². The molecular formula is C18H19N3. The van der Waals surface area contributed by atoms with Crippen molar-refractivity contribution in [2.75, 3.05) is 5.73 Å². The molecule has 3 aromatic rings. The minimum atomic E-state index is 0.155. The predicted molar refractivity (Wildman–Crippen MR) is 88.1 cm³/mol. The van der Waals surface area contributed by atoms with Crippen LogP contribution in [-0.2, 0) is 5.41 Å². The van der Waals surface area contributed by atoms with Crippen LogP contribution in [0.3, 0.4) is 0 Å². The van der Waals surface area contributed by atoms with E-state index in [-0.39, 0.29) is 5.41 Å². The molecule has 2 N–H and O–H groups in total. The first-order valence-corrected chi connectivity index (χ1v) is 7.07. The third-order valence-electron chi connectivity index (χ3n) is 3.61. The molecule has 21 heavy (non-hydrogen) atoms. The zero-order chi connectivity index (χ0) is 15.0. The Morgan fingerprint density at radius 1 is 0.905 bits per heavy atom. The van der Waals surface area contributed by atoms with Crippen LogP contribution in [-0.4, -0.2) is 9.97 Å². The molecule has 1 aromatic heterocycles. The minimum Gasteiger partial charge on any atom is -0.399 e. The molecule has 1 heterocycles. The Hall–Kier alpha value is -2.42. The molecule has 0 aliphatic carbocycles. The molecule has 3 nitrogen and oxygen atoms in total. The van der Waals surface area contributed by atoms with Gasteiger partial charge in [0.1, 0.15) is 0 Å². The SMILES string of the molecule is CC(C)(C)c1ccc(-c2cnc3ccc(N)cc3n2)cc1. The van der Waals surface area contributed by atoms with E-state index in [1.54, 1.807) is 0 Å². The monoisotopic (exact) mass is 277 g/mol. The Bertz CT molecular complexity index is 784. The van der Waals surface area contributed by atoms with Crippen LogP contribution in [0.25, 0.3) is 22.3 Å². The maximum absolute atomic E-state index is 5.81. The summed E-state index contributed by atoms with van der Waals surface area (Å²) in [6.45, 7) is 6.63. The van der Waals surface area contributed by atoms with E-state index in [2.05, 4.69) is 55.0 Å². The van der Waals surface area contributed by atoms with Crippen molar-refractivity contribution in [3.63, 3.8) is 0 Å². The van der Waals surface area contributed by atoms with Crippen LogP contribution in [0.4, 0.5) is 5.69 Å². The first-order valence-electron chi connectivity index (χ1n) is 7.07. The summed E-state index contributed by atoms with van der Waals surface area (Å²) in [6, 6.07) is 14.1. The molecule has 0 spiro atoms. The van der Waals surface area contributed by atoms with Gasteiger partial charge in [0.2, 0.25) is 0 Å². The summed E-state index contributed by atoms with van der Waals surface area (Å²) in [4.78, 5) is 9.11. The Balaban J connectivity index is 2.04. The van der Waals surface area contributed by atoms with Crippen molar-refractivity contribution in [2.24, 2.45) is 0 Å². The average molecular weight is 277 g/mol. The highest BCUT2D eigenvalue weighted by molar-refractivity contribution is 5.80. The summed E-state index contributed by atoms with van der Waals surface area (Å²) in [7, 11) is 0. The van der Waals surface area contributed by atoms with Gasteiger partial charge in [0.15, 0.2) is 0 Å². The van der Waals surface area contributed by atoms with Gasteiger partial charge in [0, 0.05) is 11.3 Å². The Labute approximate surface area is 124 Å². The molecule has 0 atom stereocenters. The van der Waals surface area contributed by atoms with Gasteiger partial charge in [-0.1, -0.05) is 45.0 Å². The van der Waals surface area contributed by atoms with Crippen LogP contribution in [0.5, 0.6) is 0 Å². The molecule has 0 bridgehead atoms. The second-order valence-electron chi connectivity index (χ2n) is 6.33. The van der Waals surface area contributed by atoms with Gasteiger partial charge in [-0.15, -0.1) is 0 Å². The Morgan fingerprint density at radius 2 is 1.62 bits per heavy atom. The molecule has 0 amide bonds. The van der Waals surface area contributed by atoms with Crippen molar-refractivity contribution in [3.8, 4) is 11.3 Å². The lowest BCUT2D eigenvalue weighted by Gasteiger charge is -2.19. The van der Waals surface area contributed by atoms with Gasteiger partial charge in [-0.2, -0.15) is 0 Å². The third kappa shape index (κ3) is 2.72.